The molecule has 3 aliphatic rings. The molecule has 0 spiro atoms. The van der Waals surface area contributed by atoms with Gasteiger partial charge in [-0.1, -0.05) is 32.6 Å². The van der Waals surface area contributed by atoms with Crippen molar-refractivity contribution in [1.82, 2.24) is 0 Å². The lowest BCUT2D eigenvalue weighted by Crippen LogP contribution is -2.41. The molecule has 0 amide bonds. The fourth-order valence-corrected chi connectivity index (χ4v) is 5.54. The standard InChI is InChI=1S/C23H38O4/c1-3-19(17(2)24)22(12-13-22)10-6-4-8-18(25)9-5-7-11-23(14-15-23)20-16-27-21(20)26/h18-20,25H,3-16H2,1-2H3. The highest BCUT2D eigenvalue weighted by atomic mass is 16.6. The van der Waals surface area contributed by atoms with Crippen molar-refractivity contribution in [3.05, 3.63) is 0 Å². The molecule has 2 aliphatic carbocycles. The van der Waals surface area contributed by atoms with Gasteiger partial charge in [0.15, 0.2) is 0 Å². The van der Waals surface area contributed by atoms with E-state index in [9.17, 15) is 14.7 Å². The number of Topliss-reactive ketones (excluding diaryl/α,β-unsaturated/α-hetero) is 1. The summed E-state index contributed by atoms with van der Waals surface area (Å²) in [4.78, 5) is 23.3. The van der Waals surface area contributed by atoms with Crippen LogP contribution in [0, 0.1) is 22.7 Å². The van der Waals surface area contributed by atoms with E-state index in [1.807, 2.05) is 0 Å². The average Bonchev–Trinajstić information content (AvgIpc) is 3.53. The predicted molar refractivity (Wildman–Crippen MR) is 105 cm³/mol. The van der Waals surface area contributed by atoms with Crippen LogP contribution in [0.1, 0.15) is 97.3 Å². The summed E-state index contributed by atoms with van der Waals surface area (Å²) in [5, 5.41) is 10.3. The largest absolute Gasteiger partial charge is 0.464 e. The maximum absolute atomic E-state index is 11.8. The van der Waals surface area contributed by atoms with E-state index in [0.717, 1.165) is 57.8 Å². The molecule has 4 nitrogen and oxygen atoms in total. The zero-order valence-electron chi connectivity index (χ0n) is 17.3. The fourth-order valence-electron chi connectivity index (χ4n) is 5.54. The number of ketones is 1. The molecule has 0 aromatic carbocycles. The normalized spacial score (nSPS) is 26.6. The molecule has 2 saturated carbocycles. The Morgan fingerprint density at radius 3 is 2.15 bits per heavy atom. The van der Waals surface area contributed by atoms with E-state index in [1.54, 1.807) is 6.92 Å². The van der Waals surface area contributed by atoms with Gasteiger partial charge in [0.1, 0.15) is 12.4 Å². The monoisotopic (exact) mass is 378 g/mol. The molecular formula is C23H38O4. The zero-order chi connectivity index (χ0) is 19.5. The lowest BCUT2D eigenvalue weighted by atomic mass is 9.80. The van der Waals surface area contributed by atoms with Crippen LogP contribution < -0.4 is 0 Å². The summed E-state index contributed by atoms with van der Waals surface area (Å²) in [7, 11) is 0. The second-order valence-corrected chi connectivity index (χ2v) is 9.62. The molecular weight excluding hydrogens is 340 g/mol. The number of unbranched alkanes of at least 4 members (excludes halogenated alkanes) is 2. The molecule has 4 heteroatoms. The lowest BCUT2D eigenvalue weighted by Gasteiger charge is -2.32. The van der Waals surface area contributed by atoms with Crippen molar-refractivity contribution in [3.8, 4) is 0 Å². The van der Waals surface area contributed by atoms with Gasteiger partial charge in [-0.2, -0.15) is 0 Å². The van der Waals surface area contributed by atoms with Crippen molar-refractivity contribution in [3.63, 3.8) is 0 Å². The van der Waals surface area contributed by atoms with Crippen molar-refractivity contribution in [2.75, 3.05) is 6.61 Å². The van der Waals surface area contributed by atoms with Crippen LogP contribution in [0.5, 0.6) is 0 Å². The summed E-state index contributed by atoms with van der Waals surface area (Å²) in [5.41, 5.74) is 0.554. The molecule has 3 unspecified atom stereocenters. The van der Waals surface area contributed by atoms with Gasteiger partial charge in [-0.25, -0.2) is 0 Å². The summed E-state index contributed by atoms with van der Waals surface area (Å²) >= 11 is 0. The molecule has 3 rings (SSSR count). The summed E-state index contributed by atoms with van der Waals surface area (Å²) in [6.45, 7) is 4.51. The third kappa shape index (κ3) is 4.93. The maximum atomic E-state index is 11.8. The molecule has 3 fully saturated rings. The van der Waals surface area contributed by atoms with Crippen LogP contribution in [0.15, 0.2) is 0 Å². The van der Waals surface area contributed by atoms with E-state index in [1.165, 1.54) is 25.7 Å². The Morgan fingerprint density at radius 1 is 1.11 bits per heavy atom. The molecule has 1 N–H and O–H groups in total. The predicted octanol–water partition coefficient (Wildman–Crippen LogP) is 4.82. The number of hydrogen-bond donors (Lipinski definition) is 1. The third-order valence-corrected chi connectivity index (χ3v) is 7.76. The number of aliphatic hydroxyl groups is 1. The van der Waals surface area contributed by atoms with E-state index >= 15 is 0 Å². The van der Waals surface area contributed by atoms with Crippen LogP contribution in [0.2, 0.25) is 0 Å². The highest BCUT2D eigenvalue weighted by Crippen LogP contribution is 2.58. The quantitative estimate of drug-likeness (QED) is 0.348. The molecule has 1 heterocycles. The van der Waals surface area contributed by atoms with Crippen molar-refractivity contribution in [2.24, 2.45) is 22.7 Å². The first-order valence-electron chi connectivity index (χ1n) is 11.3. The Balaban J connectivity index is 1.24. The van der Waals surface area contributed by atoms with Gasteiger partial charge < -0.3 is 9.84 Å². The summed E-state index contributed by atoms with van der Waals surface area (Å²) in [6.07, 6.45) is 13.9. The second kappa shape index (κ2) is 8.63. The molecule has 1 saturated heterocycles. The van der Waals surface area contributed by atoms with Crippen molar-refractivity contribution >= 4 is 11.8 Å². The molecule has 0 radical (unpaired) electrons. The van der Waals surface area contributed by atoms with E-state index in [0.29, 0.717) is 17.8 Å². The molecule has 0 aromatic rings. The van der Waals surface area contributed by atoms with Gasteiger partial charge in [0.2, 0.25) is 0 Å². The molecule has 27 heavy (non-hydrogen) atoms. The summed E-state index contributed by atoms with van der Waals surface area (Å²) in [5.74, 6) is 0.791. The average molecular weight is 379 g/mol. The van der Waals surface area contributed by atoms with Crippen molar-refractivity contribution < 1.29 is 19.4 Å². The Kier molecular flexibility index (Phi) is 6.66. The minimum atomic E-state index is -0.196. The number of carbonyl (C=O) groups excluding carboxylic acids is 2. The van der Waals surface area contributed by atoms with Gasteiger partial charge in [0, 0.05) is 5.92 Å². The van der Waals surface area contributed by atoms with Gasteiger partial charge in [0.05, 0.1) is 12.0 Å². The van der Waals surface area contributed by atoms with Crippen LogP contribution in [0.4, 0.5) is 0 Å². The number of aliphatic hydroxyl groups excluding tert-OH is 1. The van der Waals surface area contributed by atoms with Crippen LogP contribution in [-0.4, -0.2) is 29.6 Å². The lowest BCUT2D eigenvalue weighted by molar-refractivity contribution is -0.174. The Morgan fingerprint density at radius 2 is 1.74 bits per heavy atom. The zero-order valence-corrected chi connectivity index (χ0v) is 17.3. The van der Waals surface area contributed by atoms with Gasteiger partial charge in [0.25, 0.3) is 0 Å². The Bertz CT molecular complexity index is 532. The molecule has 3 atom stereocenters. The number of esters is 1. The summed E-state index contributed by atoms with van der Waals surface area (Å²) < 4.78 is 4.93. The highest BCUT2D eigenvalue weighted by molar-refractivity contribution is 5.79. The molecule has 154 valence electrons. The fraction of sp³-hybridized carbons (Fsp3) is 0.913. The Labute approximate surface area is 164 Å². The Hall–Kier alpha value is -0.900. The van der Waals surface area contributed by atoms with Gasteiger partial charge in [-0.3, -0.25) is 9.59 Å². The molecule has 0 bridgehead atoms. The number of carbonyl (C=O) groups is 2. The number of cyclic esters (lactones) is 1. The smallest absolute Gasteiger partial charge is 0.313 e. The van der Waals surface area contributed by atoms with Crippen LogP contribution in [0.25, 0.3) is 0 Å². The number of rotatable bonds is 14. The number of hydrogen-bond acceptors (Lipinski definition) is 4. The van der Waals surface area contributed by atoms with E-state index < -0.39 is 0 Å². The van der Waals surface area contributed by atoms with Crippen molar-refractivity contribution in [2.45, 2.75) is 103 Å². The first-order valence-corrected chi connectivity index (χ1v) is 11.3. The first kappa shape index (κ1) is 20.8. The van der Waals surface area contributed by atoms with Gasteiger partial charge in [-0.05, 0) is 75.5 Å². The van der Waals surface area contributed by atoms with Gasteiger partial charge in [-0.15, -0.1) is 0 Å². The number of ether oxygens (including phenoxy) is 1. The first-order chi connectivity index (χ1) is 12.9. The van der Waals surface area contributed by atoms with Gasteiger partial charge >= 0.3 is 5.97 Å². The minimum absolute atomic E-state index is 0.0102. The van der Waals surface area contributed by atoms with Crippen molar-refractivity contribution in [1.29, 1.82) is 0 Å². The second-order valence-electron chi connectivity index (χ2n) is 9.62. The van der Waals surface area contributed by atoms with E-state index in [4.69, 9.17) is 4.74 Å². The highest BCUT2D eigenvalue weighted by Gasteiger charge is 2.56. The SMILES string of the molecule is CCC(C(C)=O)C1(CCCCC(O)CCCCC2(C3COC3=O)CC2)CC1. The maximum Gasteiger partial charge on any atom is 0.313 e. The molecule has 1 aliphatic heterocycles. The van der Waals surface area contributed by atoms with Crippen LogP contribution in [-0.2, 0) is 14.3 Å². The van der Waals surface area contributed by atoms with Crippen LogP contribution >= 0.6 is 0 Å². The van der Waals surface area contributed by atoms with E-state index in [-0.39, 0.29) is 29.3 Å². The molecule has 0 aromatic heterocycles. The van der Waals surface area contributed by atoms with Crippen LogP contribution in [0.3, 0.4) is 0 Å². The minimum Gasteiger partial charge on any atom is -0.464 e. The summed E-state index contributed by atoms with van der Waals surface area (Å²) in [6, 6.07) is 0. The van der Waals surface area contributed by atoms with E-state index in [2.05, 4.69) is 6.92 Å². The third-order valence-electron chi connectivity index (χ3n) is 7.76. The topological polar surface area (TPSA) is 63.6 Å².